The number of carbonyl (C=O) groups excluding carboxylic acids is 1. The minimum atomic E-state index is -0.232. The Morgan fingerprint density at radius 3 is 2.71 bits per heavy atom. The molecule has 0 unspecified atom stereocenters. The van der Waals surface area contributed by atoms with E-state index in [4.69, 9.17) is 10.5 Å². The van der Waals surface area contributed by atoms with E-state index in [2.05, 4.69) is 5.10 Å². The van der Waals surface area contributed by atoms with Crippen LogP contribution in [0.5, 0.6) is 0 Å². The molecule has 0 saturated carbocycles. The van der Waals surface area contributed by atoms with Crippen molar-refractivity contribution in [3.05, 3.63) is 41.6 Å². The van der Waals surface area contributed by atoms with E-state index in [0.29, 0.717) is 13.2 Å². The fourth-order valence-electron chi connectivity index (χ4n) is 2.00. The first-order valence-electron chi connectivity index (χ1n) is 6.79. The highest BCUT2D eigenvalue weighted by atomic mass is 32.2. The van der Waals surface area contributed by atoms with Crippen LogP contribution >= 0.6 is 11.8 Å². The quantitative estimate of drug-likeness (QED) is 0.655. The smallest absolute Gasteiger partial charge is 0.316 e. The molecule has 0 amide bonds. The maximum Gasteiger partial charge on any atom is 0.316 e. The molecule has 0 atom stereocenters. The van der Waals surface area contributed by atoms with Crippen molar-refractivity contribution in [3.63, 3.8) is 0 Å². The maximum absolute atomic E-state index is 11.6. The van der Waals surface area contributed by atoms with Crippen LogP contribution in [-0.4, -0.2) is 28.1 Å². The number of nitrogens with two attached hydrogens (primary N) is 1. The van der Waals surface area contributed by atoms with Crippen LogP contribution < -0.4 is 5.73 Å². The fraction of sp³-hybridized carbons (Fsp3) is 0.333. The lowest BCUT2D eigenvalue weighted by Crippen LogP contribution is -2.09. The molecule has 0 aliphatic rings. The second kappa shape index (κ2) is 7.28. The van der Waals surface area contributed by atoms with Crippen LogP contribution in [-0.2, 0) is 16.1 Å². The Morgan fingerprint density at radius 2 is 2.10 bits per heavy atom. The lowest BCUT2D eigenvalue weighted by molar-refractivity contribution is -0.139. The van der Waals surface area contributed by atoms with Crippen LogP contribution in [0.3, 0.4) is 0 Å². The predicted octanol–water partition coefficient (Wildman–Crippen LogP) is 2.29. The summed E-state index contributed by atoms with van der Waals surface area (Å²) in [5.41, 5.74) is 8.62. The van der Waals surface area contributed by atoms with Gasteiger partial charge in [-0.05, 0) is 26.0 Å². The largest absolute Gasteiger partial charge is 0.465 e. The molecular formula is C15H19N3O2S. The number of rotatable bonds is 6. The monoisotopic (exact) mass is 305 g/mol. The van der Waals surface area contributed by atoms with Crippen molar-refractivity contribution in [2.75, 3.05) is 12.4 Å². The molecular weight excluding hydrogens is 286 g/mol. The summed E-state index contributed by atoms with van der Waals surface area (Å²) in [5, 5.41) is 5.44. The molecule has 2 aromatic rings. The van der Waals surface area contributed by atoms with Gasteiger partial charge in [-0.1, -0.05) is 30.0 Å². The number of benzene rings is 1. The number of para-hydroxylation sites is 1. The van der Waals surface area contributed by atoms with E-state index in [1.807, 2.05) is 41.9 Å². The summed E-state index contributed by atoms with van der Waals surface area (Å²) in [6.07, 6.45) is 0. The van der Waals surface area contributed by atoms with Crippen LogP contribution in [0.25, 0.3) is 5.69 Å². The second-order valence-corrected chi connectivity index (χ2v) is 5.38. The molecule has 21 heavy (non-hydrogen) atoms. The highest BCUT2D eigenvalue weighted by Gasteiger charge is 2.17. The molecule has 1 aromatic carbocycles. The number of hydrogen-bond acceptors (Lipinski definition) is 5. The second-order valence-electron chi connectivity index (χ2n) is 4.41. The molecule has 0 saturated heterocycles. The molecule has 0 spiro atoms. The maximum atomic E-state index is 11.6. The van der Waals surface area contributed by atoms with Crippen LogP contribution in [0.2, 0.25) is 0 Å². The Hall–Kier alpha value is -1.79. The normalized spacial score (nSPS) is 10.6. The predicted molar refractivity (Wildman–Crippen MR) is 83.5 cm³/mol. The lowest BCUT2D eigenvalue weighted by Gasteiger charge is -2.08. The van der Waals surface area contributed by atoms with Gasteiger partial charge in [0.25, 0.3) is 0 Å². The zero-order valence-corrected chi connectivity index (χ0v) is 13.0. The van der Waals surface area contributed by atoms with Crippen LogP contribution in [0, 0.1) is 6.92 Å². The molecule has 0 fully saturated rings. The van der Waals surface area contributed by atoms with Crippen molar-refractivity contribution in [1.29, 1.82) is 0 Å². The number of hydrogen-bond donors (Lipinski definition) is 1. The minimum Gasteiger partial charge on any atom is -0.465 e. The number of carbonyl (C=O) groups is 1. The summed E-state index contributed by atoms with van der Waals surface area (Å²) < 4.78 is 6.80. The first-order chi connectivity index (χ1) is 10.2. The summed E-state index contributed by atoms with van der Waals surface area (Å²) >= 11 is 1.41. The summed E-state index contributed by atoms with van der Waals surface area (Å²) in [6, 6.07) is 9.81. The molecule has 2 rings (SSSR count). The van der Waals surface area contributed by atoms with Gasteiger partial charge in [-0.25, -0.2) is 4.68 Å². The molecule has 112 valence electrons. The van der Waals surface area contributed by atoms with Crippen LogP contribution in [0.15, 0.2) is 35.4 Å². The zero-order valence-electron chi connectivity index (χ0n) is 12.2. The third-order valence-corrected chi connectivity index (χ3v) is 4.05. The zero-order chi connectivity index (χ0) is 15.2. The van der Waals surface area contributed by atoms with E-state index in [1.54, 1.807) is 6.92 Å². The van der Waals surface area contributed by atoms with E-state index >= 15 is 0 Å². The van der Waals surface area contributed by atoms with Crippen molar-refractivity contribution in [3.8, 4) is 5.69 Å². The van der Waals surface area contributed by atoms with E-state index in [0.717, 1.165) is 22.0 Å². The molecule has 0 aliphatic carbocycles. The molecule has 2 N–H and O–H groups in total. The Bertz CT molecular complexity index is 611. The number of nitrogens with zero attached hydrogens (tertiary/aromatic N) is 2. The first-order valence-corrected chi connectivity index (χ1v) is 7.78. The Balaban J connectivity index is 2.31. The molecule has 0 bridgehead atoms. The summed E-state index contributed by atoms with van der Waals surface area (Å²) in [4.78, 5) is 11.6. The molecule has 0 aliphatic heterocycles. The van der Waals surface area contributed by atoms with Crippen LogP contribution in [0.4, 0.5) is 0 Å². The lowest BCUT2D eigenvalue weighted by atomic mass is 10.3. The van der Waals surface area contributed by atoms with Crippen LogP contribution in [0.1, 0.15) is 18.2 Å². The van der Waals surface area contributed by atoms with Crippen molar-refractivity contribution in [1.82, 2.24) is 9.78 Å². The molecule has 1 heterocycles. The number of thioether (sulfide) groups is 1. The standard InChI is InChI=1S/C15H19N3O2S/c1-3-20-14(19)10-21-15-13(9-16)11(2)17-18(15)12-7-5-4-6-8-12/h4-8H,3,9-10,16H2,1-2H3. The van der Waals surface area contributed by atoms with Gasteiger partial charge in [0.2, 0.25) is 0 Å². The van der Waals surface area contributed by atoms with Gasteiger partial charge in [0, 0.05) is 12.1 Å². The van der Waals surface area contributed by atoms with E-state index in [1.165, 1.54) is 11.8 Å². The number of esters is 1. The Kier molecular flexibility index (Phi) is 5.41. The van der Waals surface area contributed by atoms with Gasteiger partial charge in [-0.2, -0.15) is 5.10 Å². The average Bonchev–Trinajstić information content (AvgIpc) is 2.82. The molecule has 0 radical (unpaired) electrons. The van der Waals surface area contributed by atoms with Gasteiger partial charge in [0.1, 0.15) is 5.03 Å². The Morgan fingerprint density at radius 1 is 1.38 bits per heavy atom. The van der Waals surface area contributed by atoms with E-state index < -0.39 is 0 Å². The number of ether oxygens (including phenoxy) is 1. The fourth-order valence-corrected chi connectivity index (χ4v) is 3.01. The van der Waals surface area contributed by atoms with Gasteiger partial charge >= 0.3 is 5.97 Å². The van der Waals surface area contributed by atoms with Gasteiger partial charge in [0.15, 0.2) is 0 Å². The van der Waals surface area contributed by atoms with E-state index in [-0.39, 0.29) is 11.7 Å². The van der Waals surface area contributed by atoms with Gasteiger partial charge in [-0.3, -0.25) is 4.79 Å². The Labute approximate surface area is 128 Å². The number of aryl methyl sites for hydroxylation is 1. The SMILES string of the molecule is CCOC(=O)CSc1c(CN)c(C)nn1-c1ccccc1. The van der Waals surface area contributed by atoms with Crippen molar-refractivity contribution in [2.24, 2.45) is 5.73 Å². The van der Waals surface area contributed by atoms with Gasteiger partial charge in [0.05, 0.1) is 23.7 Å². The highest BCUT2D eigenvalue weighted by molar-refractivity contribution is 8.00. The van der Waals surface area contributed by atoms with Crippen molar-refractivity contribution >= 4 is 17.7 Å². The van der Waals surface area contributed by atoms with Crippen molar-refractivity contribution in [2.45, 2.75) is 25.4 Å². The third-order valence-electron chi connectivity index (χ3n) is 2.97. The third kappa shape index (κ3) is 3.65. The molecule has 5 nitrogen and oxygen atoms in total. The molecule has 6 heteroatoms. The summed E-state index contributed by atoms with van der Waals surface area (Å²) in [5.74, 6) is 0.0163. The van der Waals surface area contributed by atoms with Gasteiger partial charge < -0.3 is 10.5 Å². The molecule has 1 aromatic heterocycles. The highest BCUT2D eigenvalue weighted by Crippen LogP contribution is 2.28. The number of aromatic nitrogens is 2. The van der Waals surface area contributed by atoms with E-state index in [9.17, 15) is 4.79 Å². The summed E-state index contributed by atoms with van der Waals surface area (Å²) in [6.45, 7) is 4.51. The van der Waals surface area contributed by atoms with Crippen molar-refractivity contribution < 1.29 is 9.53 Å². The average molecular weight is 305 g/mol. The van der Waals surface area contributed by atoms with Gasteiger partial charge in [-0.15, -0.1) is 0 Å². The topological polar surface area (TPSA) is 70.1 Å². The summed E-state index contributed by atoms with van der Waals surface area (Å²) in [7, 11) is 0. The first kappa shape index (κ1) is 15.6. The minimum absolute atomic E-state index is 0.232.